The van der Waals surface area contributed by atoms with Crippen LogP contribution in [0.5, 0.6) is 0 Å². The van der Waals surface area contributed by atoms with E-state index in [1.165, 1.54) is 44.1 Å². The lowest BCUT2D eigenvalue weighted by Gasteiger charge is -2.48. The topological polar surface area (TPSA) is 114 Å². The fraction of sp³-hybridized carbons (Fsp3) is 0.677. The molecule has 5 aliphatic rings. The highest BCUT2D eigenvalue weighted by Gasteiger charge is 2.42. The zero-order valence-corrected chi connectivity index (χ0v) is 24.0. The highest BCUT2D eigenvalue weighted by atomic mass is 16.3. The predicted molar refractivity (Wildman–Crippen MR) is 158 cm³/mol. The molecule has 5 heterocycles. The number of pyridine rings is 1. The van der Waals surface area contributed by atoms with Gasteiger partial charge in [-0.05, 0) is 100 Å². The highest BCUT2D eigenvalue weighted by Crippen LogP contribution is 2.50. The molecule has 3 aliphatic heterocycles. The maximum atomic E-state index is 12.5. The van der Waals surface area contributed by atoms with Crippen LogP contribution in [-0.4, -0.2) is 70.0 Å². The number of amides is 3. The number of β-amino-alcohol motifs (C(OH)–C–C–N with tert-alkyl or cyclic N) is 1. The molecule has 0 bridgehead atoms. The zero-order chi connectivity index (χ0) is 28.2. The second-order valence-electron chi connectivity index (χ2n) is 13.7. The van der Waals surface area contributed by atoms with Crippen LogP contribution >= 0.6 is 0 Å². The Labute approximate surface area is 242 Å². The van der Waals surface area contributed by atoms with Crippen LogP contribution in [0, 0.1) is 16.6 Å². The van der Waals surface area contributed by atoms with E-state index in [-0.39, 0.29) is 18.7 Å². The lowest BCUT2D eigenvalue weighted by atomic mass is 9.41. The van der Waals surface area contributed by atoms with E-state index >= 15 is 0 Å². The second-order valence-corrected chi connectivity index (χ2v) is 13.7. The van der Waals surface area contributed by atoms with E-state index in [2.05, 4.69) is 33.0 Å². The maximum Gasteiger partial charge on any atom is 0.328 e. The minimum atomic E-state index is -0.619. The Morgan fingerprint density at radius 3 is 2.44 bits per heavy atom. The summed E-state index contributed by atoms with van der Waals surface area (Å²) in [6, 6.07) is 2.20. The van der Waals surface area contributed by atoms with Gasteiger partial charge in [-0.25, -0.2) is 15.0 Å². The number of aliphatic hydroxyl groups is 1. The third kappa shape index (κ3) is 5.28. The van der Waals surface area contributed by atoms with Crippen LogP contribution in [0.4, 0.5) is 10.5 Å². The Bertz CT molecular complexity index is 1370. The van der Waals surface area contributed by atoms with Crippen LogP contribution in [0.3, 0.4) is 0 Å². The molecule has 10 heteroatoms. The number of aromatic nitrogens is 2. The van der Waals surface area contributed by atoms with Gasteiger partial charge in [0.25, 0.3) is 6.71 Å². The van der Waals surface area contributed by atoms with Crippen molar-refractivity contribution in [2.75, 3.05) is 31.1 Å². The first-order valence-corrected chi connectivity index (χ1v) is 15.8. The Morgan fingerprint density at radius 2 is 1.78 bits per heavy atom. The molecule has 5 fully saturated rings. The quantitative estimate of drug-likeness (QED) is 0.519. The van der Waals surface area contributed by atoms with Crippen LogP contribution < -0.4 is 10.2 Å². The number of carbonyl (C=O) groups is 2. The van der Waals surface area contributed by atoms with Crippen LogP contribution in [0.2, 0.25) is 12.6 Å². The number of piperidine rings is 1. The Kier molecular flexibility index (Phi) is 6.86. The van der Waals surface area contributed by atoms with Crippen molar-refractivity contribution in [2.45, 2.75) is 101 Å². The summed E-state index contributed by atoms with van der Waals surface area (Å²) >= 11 is 0. The molecule has 41 heavy (non-hydrogen) atoms. The number of rotatable bonds is 5. The summed E-state index contributed by atoms with van der Waals surface area (Å²) < 4.78 is 2.43. The number of hydrogen-bond acceptors (Lipinski definition) is 6. The molecule has 3 amide bonds. The maximum absolute atomic E-state index is 12.5. The van der Waals surface area contributed by atoms with Gasteiger partial charge in [0.2, 0.25) is 5.91 Å². The van der Waals surface area contributed by atoms with Crippen molar-refractivity contribution in [1.29, 1.82) is 5.26 Å². The molecular formula is C31H41BN6O3. The number of urea groups is 1. The highest BCUT2D eigenvalue weighted by molar-refractivity contribution is 6.67. The monoisotopic (exact) mass is 556 g/mol. The van der Waals surface area contributed by atoms with Crippen LogP contribution in [0.1, 0.15) is 88.2 Å². The molecule has 2 aromatic heterocycles. The molecule has 2 aliphatic carbocycles. The number of anilines is 1. The van der Waals surface area contributed by atoms with Crippen LogP contribution in [0.25, 0.3) is 11.0 Å². The van der Waals surface area contributed by atoms with Gasteiger partial charge >= 0.3 is 6.03 Å². The summed E-state index contributed by atoms with van der Waals surface area (Å²) in [5, 5.41) is 23.9. The lowest BCUT2D eigenvalue weighted by molar-refractivity contribution is -0.120. The van der Waals surface area contributed by atoms with Gasteiger partial charge in [-0.1, -0.05) is 12.6 Å². The van der Waals surface area contributed by atoms with E-state index in [1.54, 1.807) is 11.1 Å². The molecule has 2 saturated carbocycles. The fourth-order valence-electron chi connectivity index (χ4n) is 8.14. The first-order chi connectivity index (χ1) is 19.8. The van der Waals surface area contributed by atoms with Crippen LogP contribution in [-0.2, 0) is 4.79 Å². The van der Waals surface area contributed by atoms with Crippen molar-refractivity contribution < 1.29 is 14.7 Å². The summed E-state index contributed by atoms with van der Waals surface area (Å²) in [5.41, 5.74) is 2.94. The Hall–Kier alpha value is -2.90. The molecule has 2 aromatic rings. The van der Waals surface area contributed by atoms with Gasteiger partial charge in [0.05, 0.1) is 17.5 Å². The number of nitrogens with zero attached hydrogens (tertiary/aromatic N) is 5. The molecule has 0 unspecified atom stereocenters. The zero-order valence-electron chi connectivity index (χ0n) is 24.0. The van der Waals surface area contributed by atoms with Crippen molar-refractivity contribution in [3.63, 3.8) is 0 Å². The summed E-state index contributed by atoms with van der Waals surface area (Å²) in [6.07, 6.45) is 17.2. The number of fused-ring (bicyclic) bond motifs is 1. The van der Waals surface area contributed by atoms with Gasteiger partial charge in [-0.15, -0.1) is 0 Å². The molecule has 7 rings (SSSR count). The molecule has 0 aromatic carbocycles. The summed E-state index contributed by atoms with van der Waals surface area (Å²) in [4.78, 5) is 33.1. The van der Waals surface area contributed by atoms with E-state index in [1.807, 2.05) is 0 Å². The van der Waals surface area contributed by atoms with Gasteiger partial charge in [0.15, 0.2) is 0 Å². The molecule has 0 atom stereocenters. The van der Waals surface area contributed by atoms with Crippen molar-refractivity contribution in [2.24, 2.45) is 5.41 Å². The van der Waals surface area contributed by atoms with Gasteiger partial charge in [0, 0.05) is 43.1 Å². The molecule has 2 N–H and O–H groups in total. The van der Waals surface area contributed by atoms with Crippen molar-refractivity contribution in [3.05, 3.63) is 24.0 Å². The third-order valence-electron chi connectivity index (χ3n) is 11.0. The first-order valence-electron chi connectivity index (χ1n) is 15.8. The summed E-state index contributed by atoms with van der Waals surface area (Å²) in [6.45, 7) is 3.39. The molecule has 9 nitrogen and oxygen atoms in total. The van der Waals surface area contributed by atoms with Crippen molar-refractivity contribution in [1.82, 2.24) is 19.8 Å². The van der Waals surface area contributed by atoms with E-state index in [0.29, 0.717) is 30.3 Å². The molecule has 0 radical (unpaired) electrons. The lowest BCUT2D eigenvalue weighted by Crippen LogP contribution is -2.50. The summed E-state index contributed by atoms with van der Waals surface area (Å²) in [7, 11) is 0. The summed E-state index contributed by atoms with van der Waals surface area (Å²) in [5.74, 6) is 2.74. The number of hydrogen-bond donors (Lipinski definition) is 2. The second kappa shape index (κ2) is 10.4. The molecule has 216 valence electrons. The largest absolute Gasteiger partial charge is 0.389 e. The standard InChI is InChI=1S/C31H41BN6O3/c33-21-32-12-8-31(41,9-13-32)20-36-15-10-30(11-16-36)6-3-23(4-7-30)38-19-26(22-1-2-22)25-17-24(18-34-28(25)38)37-14-5-27(39)35-29(37)40/h17-19,22-23,41H,1-16,20H2,(H,35,39,40). The minimum Gasteiger partial charge on any atom is -0.389 e. The fourth-order valence-corrected chi connectivity index (χ4v) is 8.14. The van der Waals surface area contributed by atoms with E-state index in [4.69, 9.17) is 4.98 Å². The normalized spacial score (nSPS) is 25.5. The average Bonchev–Trinajstić information content (AvgIpc) is 3.75. The average molecular weight is 557 g/mol. The number of likely N-dealkylation sites (tertiary alicyclic amines) is 1. The number of nitrogens with one attached hydrogen (secondary N) is 1. The SMILES string of the molecule is N#CB1CCC(O)(CN2CCC3(CCC(n4cc(C5CC5)c5cc(N6CCC(=O)NC6=O)cnc54)CC3)CC2)CC1. The van der Waals surface area contributed by atoms with E-state index < -0.39 is 5.60 Å². The minimum absolute atomic E-state index is 0.119. The predicted octanol–water partition coefficient (Wildman–Crippen LogP) is 4.64. The van der Waals surface area contributed by atoms with Crippen molar-refractivity contribution >= 4 is 35.4 Å². The van der Waals surface area contributed by atoms with E-state index in [9.17, 15) is 20.0 Å². The van der Waals surface area contributed by atoms with Crippen molar-refractivity contribution in [3.8, 4) is 5.97 Å². The van der Waals surface area contributed by atoms with Gasteiger partial charge in [0.1, 0.15) is 5.65 Å². The number of imide groups is 1. The van der Waals surface area contributed by atoms with Gasteiger partial charge in [-0.2, -0.15) is 0 Å². The number of nitriles is 1. The molecule has 1 spiro atoms. The molecule has 3 saturated heterocycles. The Balaban J connectivity index is 1.01. The number of carbonyl (C=O) groups excluding carboxylic acids is 2. The first kappa shape index (κ1) is 27.0. The van der Waals surface area contributed by atoms with E-state index in [0.717, 1.165) is 74.7 Å². The van der Waals surface area contributed by atoms with Crippen LogP contribution in [0.15, 0.2) is 18.5 Å². The third-order valence-corrected chi connectivity index (χ3v) is 11.0. The smallest absolute Gasteiger partial charge is 0.328 e. The van der Waals surface area contributed by atoms with Gasteiger partial charge < -0.3 is 14.6 Å². The molecular weight excluding hydrogens is 515 g/mol. The Morgan fingerprint density at radius 1 is 1.05 bits per heavy atom. The van der Waals surface area contributed by atoms with Gasteiger partial charge in [-0.3, -0.25) is 15.0 Å².